The molecule has 2 aromatic heterocycles. The number of rotatable bonds is 7. The smallest absolute Gasteiger partial charge is 0.274 e. The summed E-state index contributed by atoms with van der Waals surface area (Å²) >= 11 is 0. The molecule has 3 aromatic rings. The summed E-state index contributed by atoms with van der Waals surface area (Å²) in [5, 5.41) is 7.15. The molecule has 6 nitrogen and oxygen atoms in total. The minimum absolute atomic E-state index is 0.273. The zero-order valence-corrected chi connectivity index (χ0v) is 15.1. The van der Waals surface area contributed by atoms with Gasteiger partial charge in [0.05, 0.1) is 11.2 Å². The van der Waals surface area contributed by atoms with Gasteiger partial charge in [-0.25, -0.2) is 9.97 Å². The number of aromatic nitrogens is 3. The van der Waals surface area contributed by atoms with Gasteiger partial charge in [-0.3, -0.25) is 9.78 Å². The van der Waals surface area contributed by atoms with Crippen LogP contribution in [0.15, 0.2) is 42.6 Å². The summed E-state index contributed by atoms with van der Waals surface area (Å²) in [4.78, 5) is 25.7. The van der Waals surface area contributed by atoms with Crippen molar-refractivity contribution in [3.63, 3.8) is 0 Å². The lowest BCUT2D eigenvalue weighted by Crippen LogP contribution is -2.16. The summed E-state index contributed by atoms with van der Waals surface area (Å²) in [7, 11) is 0. The van der Waals surface area contributed by atoms with E-state index in [-0.39, 0.29) is 5.91 Å². The van der Waals surface area contributed by atoms with Crippen LogP contribution in [0.3, 0.4) is 0 Å². The Morgan fingerprint density at radius 1 is 1.12 bits per heavy atom. The molecule has 1 aromatic carbocycles. The molecule has 0 radical (unpaired) electrons. The summed E-state index contributed by atoms with van der Waals surface area (Å²) < 4.78 is 0. The van der Waals surface area contributed by atoms with E-state index in [1.165, 1.54) is 6.42 Å². The Morgan fingerprint density at radius 2 is 1.96 bits per heavy atom. The van der Waals surface area contributed by atoms with E-state index in [1.54, 1.807) is 19.2 Å². The number of aryl methyl sites for hydroxylation is 1. The van der Waals surface area contributed by atoms with Crippen LogP contribution < -0.4 is 10.6 Å². The number of pyridine rings is 1. The fraction of sp³-hybridized carbons (Fsp3) is 0.300. The van der Waals surface area contributed by atoms with Crippen LogP contribution in [-0.4, -0.2) is 27.4 Å². The van der Waals surface area contributed by atoms with Crippen molar-refractivity contribution in [1.29, 1.82) is 0 Å². The summed E-state index contributed by atoms with van der Waals surface area (Å²) in [6.45, 7) is 4.78. The molecule has 0 saturated heterocycles. The van der Waals surface area contributed by atoms with Gasteiger partial charge in [0.2, 0.25) is 0 Å². The molecule has 2 N–H and O–H groups in total. The molecule has 0 aliphatic heterocycles. The summed E-state index contributed by atoms with van der Waals surface area (Å²) in [6, 6.07) is 11.2. The number of para-hydroxylation sites is 1. The minimum atomic E-state index is -0.273. The molecule has 0 spiro atoms. The van der Waals surface area contributed by atoms with E-state index in [2.05, 4.69) is 32.5 Å². The largest absolute Gasteiger partial charge is 0.370 e. The monoisotopic (exact) mass is 349 g/mol. The molecule has 0 saturated carbocycles. The number of amides is 1. The third kappa shape index (κ3) is 4.33. The van der Waals surface area contributed by atoms with Crippen molar-refractivity contribution < 1.29 is 4.79 Å². The maximum Gasteiger partial charge on any atom is 0.274 e. The minimum Gasteiger partial charge on any atom is -0.370 e. The highest BCUT2D eigenvalue weighted by atomic mass is 16.1. The topological polar surface area (TPSA) is 79.8 Å². The normalized spacial score (nSPS) is 10.7. The van der Waals surface area contributed by atoms with Gasteiger partial charge in [0.25, 0.3) is 5.91 Å². The van der Waals surface area contributed by atoms with E-state index < -0.39 is 0 Å². The van der Waals surface area contributed by atoms with Crippen molar-refractivity contribution in [3.8, 4) is 0 Å². The van der Waals surface area contributed by atoms with Gasteiger partial charge < -0.3 is 10.6 Å². The van der Waals surface area contributed by atoms with Crippen molar-refractivity contribution >= 4 is 28.3 Å². The van der Waals surface area contributed by atoms with Crippen LogP contribution in [0.2, 0.25) is 0 Å². The number of anilines is 2. The second-order valence-corrected chi connectivity index (χ2v) is 6.15. The van der Waals surface area contributed by atoms with Gasteiger partial charge in [0.15, 0.2) is 0 Å². The van der Waals surface area contributed by atoms with E-state index in [9.17, 15) is 4.79 Å². The summed E-state index contributed by atoms with van der Waals surface area (Å²) in [5.41, 5.74) is 1.76. The second kappa shape index (κ2) is 8.38. The van der Waals surface area contributed by atoms with Crippen molar-refractivity contribution in [3.05, 3.63) is 54.1 Å². The fourth-order valence-corrected chi connectivity index (χ4v) is 2.76. The molecular weight excluding hydrogens is 326 g/mol. The first kappa shape index (κ1) is 17.8. The highest BCUT2D eigenvalue weighted by Crippen LogP contribution is 2.21. The lowest BCUT2D eigenvalue weighted by Gasteiger charge is -2.10. The fourth-order valence-electron chi connectivity index (χ4n) is 2.76. The molecule has 6 heteroatoms. The standard InChI is InChI=1S/C20H23N5O/c1-3-4-5-11-21-18-13-17(23-14(2)24-18)20(26)25-16-10-6-8-15-9-7-12-22-19(15)16/h6-10,12-13H,3-5,11H2,1-2H3,(H,25,26)(H,21,23,24). The van der Waals surface area contributed by atoms with Gasteiger partial charge in [-0.2, -0.15) is 0 Å². The van der Waals surface area contributed by atoms with Gasteiger partial charge in [-0.15, -0.1) is 0 Å². The van der Waals surface area contributed by atoms with Crippen LogP contribution in [0.4, 0.5) is 11.5 Å². The highest BCUT2D eigenvalue weighted by Gasteiger charge is 2.12. The number of nitrogens with zero attached hydrogens (tertiary/aromatic N) is 3. The first-order chi connectivity index (χ1) is 12.7. The van der Waals surface area contributed by atoms with E-state index >= 15 is 0 Å². The van der Waals surface area contributed by atoms with E-state index in [0.29, 0.717) is 23.0 Å². The molecule has 134 valence electrons. The van der Waals surface area contributed by atoms with Crippen LogP contribution in [-0.2, 0) is 0 Å². The van der Waals surface area contributed by atoms with Gasteiger partial charge in [-0.1, -0.05) is 38.0 Å². The number of benzene rings is 1. The molecule has 2 heterocycles. The first-order valence-corrected chi connectivity index (χ1v) is 8.92. The van der Waals surface area contributed by atoms with Crippen LogP contribution in [0.5, 0.6) is 0 Å². The Hall–Kier alpha value is -3.02. The molecule has 0 bridgehead atoms. The molecule has 0 atom stereocenters. The average Bonchev–Trinajstić information content (AvgIpc) is 2.65. The van der Waals surface area contributed by atoms with Gasteiger partial charge in [0, 0.05) is 24.2 Å². The zero-order chi connectivity index (χ0) is 18.4. The number of unbranched alkanes of at least 4 members (excludes halogenated alkanes) is 2. The number of carbonyl (C=O) groups is 1. The number of nitrogens with one attached hydrogen (secondary N) is 2. The van der Waals surface area contributed by atoms with Crippen molar-refractivity contribution in [1.82, 2.24) is 15.0 Å². The third-order valence-electron chi connectivity index (χ3n) is 4.04. The zero-order valence-electron chi connectivity index (χ0n) is 15.1. The van der Waals surface area contributed by atoms with E-state index in [1.807, 2.05) is 30.3 Å². The van der Waals surface area contributed by atoms with Crippen LogP contribution in [0.25, 0.3) is 10.9 Å². The lowest BCUT2D eigenvalue weighted by molar-refractivity contribution is 0.102. The van der Waals surface area contributed by atoms with Crippen molar-refractivity contribution in [2.45, 2.75) is 33.1 Å². The molecule has 0 unspecified atom stereocenters. The Kier molecular flexibility index (Phi) is 5.73. The maximum absolute atomic E-state index is 12.7. The van der Waals surface area contributed by atoms with Crippen LogP contribution in [0, 0.1) is 6.92 Å². The number of hydrogen-bond donors (Lipinski definition) is 2. The predicted octanol–water partition coefficient (Wildman–Crippen LogP) is 4.19. The quantitative estimate of drug-likeness (QED) is 0.625. The van der Waals surface area contributed by atoms with Gasteiger partial charge in [0.1, 0.15) is 17.3 Å². The molecular formula is C20H23N5O. The maximum atomic E-state index is 12.7. The summed E-state index contributed by atoms with van der Waals surface area (Å²) in [5.74, 6) is 0.965. The van der Waals surface area contributed by atoms with E-state index in [4.69, 9.17) is 0 Å². The number of carbonyl (C=O) groups excluding carboxylic acids is 1. The Bertz CT molecular complexity index is 904. The van der Waals surface area contributed by atoms with Crippen molar-refractivity contribution in [2.75, 3.05) is 17.2 Å². The van der Waals surface area contributed by atoms with Gasteiger partial charge in [-0.05, 0) is 25.5 Å². The van der Waals surface area contributed by atoms with Crippen molar-refractivity contribution in [2.24, 2.45) is 0 Å². The molecule has 0 aliphatic carbocycles. The average molecular weight is 349 g/mol. The molecule has 3 rings (SSSR count). The Labute approximate surface area is 153 Å². The first-order valence-electron chi connectivity index (χ1n) is 8.92. The van der Waals surface area contributed by atoms with Gasteiger partial charge >= 0.3 is 0 Å². The SMILES string of the molecule is CCCCCNc1cc(C(=O)Nc2cccc3cccnc23)nc(C)n1. The van der Waals surface area contributed by atoms with Crippen LogP contribution >= 0.6 is 0 Å². The number of hydrogen-bond acceptors (Lipinski definition) is 5. The van der Waals surface area contributed by atoms with E-state index in [0.717, 1.165) is 30.3 Å². The van der Waals surface area contributed by atoms with Crippen LogP contribution in [0.1, 0.15) is 42.5 Å². The summed E-state index contributed by atoms with van der Waals surface area (Å²) in [6.07, 6.45) is 5.11. The highest BCUT2D eigenvalue weighted by molar-refractivity contribution is 6.07. The second-order valence-electron chi connectivity index (χ2n) is 6.15. The molecule has 0 aliphatic rings. The lowest BCUT2D eigenvalue weighted by atomic mass is 10.2. The molecule has 0 fully saturated rings. The Morgan fingerprint density at radius 3 is 2.81 bits per heavy atom. The third-order valence-corrected chi connectivity index (χ3v) is 4.04. The number of fused-ring (bicyclic) bond motifs is 1. The predicted molar refractivity (Wildman–Crippen MR) is 104 cm³/mol. The Balaban J connectivity index is 1.77. The molecule has 1 amide bonds. The molecule has 26 heavy (non-hydrogen) atoms.